The van der Waals surface area contributed by atoms with Crippen LogP contribution >= 0.6 is 0 Å². The van der Waals surface area contributed by atoms with Gasteiger partial charge in [0, 0.05) is 0 Å². The van der Waals surface area contributed by atoms with Gasteiger partial charge in [0.2, 0.25) is 0 Å². The van der Waals surface area contributed by atoms with E-state index in [0.717, 1.165) is 0 Å². The van der Waals surface area contributed by atoms with E-state index < -0.39 is 12.7 Å². The van der Waals surface area contributed by atoms with Crippen LogP contribution in [0.25, 0.3) is 0 Å². The first-order valence-corrected chi connectivity index (χ1v) is 1.55. The SMILES string of the molecule is O=[13CH][13C@@H](O)[13CH2]O. The summed E-state index contributed by atoms with van der Waals surface area (Å²) in [7, 11) is 0. The molecule has 2 N–H and O–H groups in total. The number of rotatable bonds is 2. The Bertz CT molecular complexity index is 43.3. The number of carbonyl (C=O) groups is 1. The fourth-order valence-electron chi connectivity index (χ4n) is 0.0430. The number of hydrogen-bond donors (Lipinski definition) is 2. The third kappa shape index (κ3) is 1.87. The summed E-state index contributed by atoms with van der Waals surface area (Å²) in [6.07, 6.45) is -0.912. The number of aliphatic hydroxyl groups excluding tert-OH is 2. The van der Waals surface area contributed by atoms with Gasteiger partial charge in [-0.25, -0.2) is 0 Å². The topological polar surface area (TPSA) is 57.5 Å². The molecule has 0 aromatic carbocycles. The Morgan fingerprint density at radius 1 is 1.83 bits per heavy atom. The van der Waals surface area contributed by atoms with Gasteiger partial charge in [0.15, 0.2) is 6.29 Å². The lowest BCUT2D eigenvalue weighted by Crippen LogP contribution is -2.12. The van der Waals surface area contributed by atoms with Gasteiger partial charge in [0.25, 0.3) is 0 Å². The molecule has 0 aromatic heterocycles. The maximum atomic E-state index is 9.33. The molecule has 0 saturated heterocycles. The zero-order chi connectivity index (χ0) is 4.99. The minimum absolute atomic E-state index is 0.278. The molecule has 0 aliphatic rings. The lowest BCUT2D eigenvalue weighted by molar-refractivity contribution is -0.116. The summed E-state index contributed by atoms with van der Waals surface area (Å²) in [5.74, 6) is 0. The molecule has 0 spiro atoms. The van der Waals surface area contributed by atoms with Crippen molar-refractivity contribution in [1.82, 2.24) is 0 Å². The number of aliphatic hydroxyl groups is 2. The fourth-order valence-corrected chi connectivity index (χ4v) is 0.0430. The molecular weight excluding hydrogens is 87.0 g/mol. The van der Waals surface area contributed by atoms with Gasteiger partial charge >= 0.3 is 0 Å². The van der Waals surface area contributed by atoms with Crippen LogP contribution < -0.4 is 0 Å². The highest BCUT2D eigenvalue weighted by Crippen LogP contribution is 1.66. The van der Waals surface area contributed by atoms with Crippen molar-refractivity contribution in [1.29, 1.82) is 0 Å². The molecule has 0 aromatic rings. The third-order valence-electron chi connectivity index (χ3n) is 0.344. The van der Waals surface area contributed by atoms with E-state index in [9.17, 15) is 4.79 Å². The van der Waals surface area contributed by atoms with Crippen LogP contribution in [0.4, 0.5) is 0 Å². The van der Waals surface area contributed by atoms with Crippen LogP contribution in [-0.2, 0) is 4.79 Å². The van der Waals surface area contributed by atoms with Crippen LogP contribution in [0.2, 0.25) is 0 Å². The van der Waals surface area contributed by atoms with Crippen LogP contribution in [0, 0.1) is 0 Å². The average molecular weight is 93.1 g/mol. The Kier molecular flexibility index (Phi) is 2.62. The quantitative estimate of drug-likeness (QED) is 0.324. The lowest BCUT2D eigenvalue weighted by atomic mass is 11.4. The Hall–Kier alpha value is -0.410. The van der Waals surface area contributed by atoms with E-state index in [0.29, 0.717) is 0 Å². The monoisotopic (exact) mass is 93.0 g/mol. The molecule has 0 rings (SSSR count). The second kappa shape index (κ2) is 2.81. The largest absolute Gasteiger partial charge is 0.393 e. The van der Waals surface area contributed by atoms with Crippen LogP contribution in [0.1, 0.15) is 0 Å². The van der Waals surface area contributed by atoms with Gasteiger partial charge in [-0.1, -0.05) is 0 Å². The smallest absolute Gasteiger partial charge is 0.150 e. The standard InChI is InChI=1S/C3H6O3/c4-1-3(6)2-5/h1,3,5-6H,2H2/t3-/m1/s1/i1+1,2+1,3+1. The van der Waals surface area contributed by atoms with Crippen molar-refractivity contribution < 1.29 is 15.0 Å². The normalized spacial score (nSPS) is 13.7. The van der Waals surface area contributed by atoms with Gasteiger partial charge < -0.3 is 15.0 Å². The van der Waals surface area contributed by atoms with Crippen LogP contribution in [0.3, 0.4) is 0 Å². The van der Waals surface area contributed by atoms with Crippen LogP contribution in [0.15, 0.2) is 0 Å². The summed E-state index contributed by atoms with van der Waals surface area (Å²) in [4.78, 5) is 9.33. The van der Waals surface area contributed by atoms with Gasteiger partial charge in [-0.15, -0.1) is 0 Å². The molecule has 6 heavy (non-hydrogen) atoms. The molecule has 36 valence electrons. The predicted molar refractivity (Wildman–Crippen MR) is 19.2 cm³/mol. The van der Waals surface area contributed by atoms with Gasteiger partial charge in [0.05, 0.1) is 6.61 Å². The van der Waals surface area contributed by atoms with Crippen molar-refractivity contribution in [3.8, 4) is 0 Å². The van der Waals surface area contributed by atoms with E-state index in [2.05, 4.69) is 0 Å². The second-order valence-corrected chi connectivity index (χ2v) is 0.886. The number of aldehydes is 1. The summed E-state index contributed by atoms with van der Waals surface area (Å²) >= 11 is 0. The molecule has 1 atom stereocenters. The molecule has 0 amide bonds. The minimum Gasteiger partial charge on any atom is -0.393 e. The van der Waals surface area contributed by atoms with E-state index in [4.69, 9.17) is 10.2 Å². The molecule has 3 nitrogen and oxygen atoms in total. The molecule has 0 aliphatic heterocycles. The van der Waals surface area contributed by atoms with Gasteiger partial charge in [-0.05, 0) is 0 Å². The highest BCUT2D eigenvalue weighted by Gasteiger charge is 1.92. The van der Waals surface area contributed by atoms with Gasteiger partial charge in [-0.2, -0.15) is 0 Å². The van der Waals surface area contributed by atoms with E-state index in [-0.39, 0.29) is 6.29 Å². The summed E-state index contributed by atoms with van der Waals surface area (Å²) in [6.45, 7) is -0.483. The second-order valence-electron chi connectivity index (χ2n) is 0.886. The molecule has 0 heterocycles. The maximum Gasteiger partial charge on any atom is 0.150 e. The number of carbonyl (C=O) groups excluding carboxylic acids is 1. The summed E-state index contributed by atoms with van der Waals surface area (Å²) in [5.41, 5.74) is 0. The zero-order valence-corrected chi connectivity index (χ0v) is 3.16. The fraction of sp³-hybridized carbons (Fsp3) is 0.667. The zero-order valence-electron chi connectivity index (χ0n) is 3.16. The summed E-state index contributed by atoms with van der Waals surface area (Å²) < 4.78 is 0. The molecule has 3 heteroatoms. The predicted octanol–water partition coefficient (Wildman–Crippen LogP) is -1.46. The van der Waals surface area contributed by atoms with Gasteiger partial charge in [0.1, 0.15) is 6.10 Å². The maximum absolute atomic E-state index is 9.33. The summed E-state index contributed by atoms with van der Waals surface area (Å²) in [6, 6.07) is 0. The Balaban J connectivity index is 2.96. The van der Waals surface area contributed by atoms with Crippen molar-refractivity contribution in [3.05, 3.63) is 0 Å². The molecular formula is C3H6O3. The van der Waals surface area contributed by atoms with Crippen molar-refractivity contribution in [2.75, 3.05) is 6.61 Å². The van der Waals surface area contributed by atoms with Crippen molar-refractivity contribution >= 4 is 6.29 Å². The molecule has 0 radical (unpaired) electrons. The highest BCUT2D eigenvalue weighted by molar-refractivity contribution is 5.55. The van der Waals surface area contributed by atoms with E-state index in [1.54, 1.807) is 0 Å². The first-order chi connectivity index (χ1) is 2.81. The Morgan fingerprint density at radius 2 is 2.33 bits per heavy atom. The van der Waals surface area contributed by atoms with Crippen LogP contribution in [0.5, 0.6) is 0 Å². The van der Waals surface area contributed by atoms with Crippen molar-refractivity contribution in [2.24, 2.45) is 0 Å². The Morgan fingerprint density at radius 3 is 2.33 bits per heavy atom. The summed E-state index contributed by atoms with van der Waals surface area (Å²) in [5, 5.41) is 15.9. The lowest BCUT2D eigenvalue weighted by Gasteiger charge is -1.89. The van der Waals surface area contributed by atoms with E-state index in [1.807, 2.05) is 0 Å². The minimum atomic E-state index is -1.19. The first-order valence-electron chi connectivity index (χ1n) is 1.55. The van der Waals surface area contributed by atoms with Crippen LogP contribution in [-0.4, -0.2) is 29.2 Å². The van der Waals surface area contributed by atoms with Crippen molar-refractivity contribution in [2.45, 2.75) is 6.10 Å². The Labute approximate surface area is 35.2 Å². The third-order valence-corrected chi connectivity index (χ3v) is 0.344. The first kappa shape index (κ1) is 5.59. The molecule has 0 fully saturated rings. The van der Waals surface area contributed by atoms with E-state index in [1.165, 1.54) is 0 Å². The molecule has 0 aliphatic carbocycles. The molecule has 0 unspecified atom stereocenters. The molecule has 0 saturated carbocycles. The highest BCUT2D eigenvalue weighted by atomic mass is 16.5. The van der Waals surface area contributed by atoms with E-state index >= 15 is 0 Å². The molecule has 0 bridgehead atoms. The van der Waals surface area contributed by atoms with Crippen molar-refractivity contribution in [3.63, 3.8) is 0 Å². The number of hydrogen-bond acceptors (Lipinski definition) is 3. The van der Waals surface area contributed by atoms with Gasteiger partial charge in [-0.3, -0.25) is 0 Å². The average Bonchev–Trinajstić information content (AvgIpc) is 1.65.